The second-order valence-corrected chi connectivity index (χ2v) is 4.89. The fourth-order valence-corrected chi connectivity index (χ4v) is 2.40. The summed E-state index contributed by atoms with van der Waals surface area (Å²) < 4.78 is 5.69. The van der Waals surface area contributed by atoms with Gasteiger partial charge in [0.2, 0.25) is 0 Å². The van der Waals surface area contributed by atoms with E-state index in [9.17, 15) is 0 Å². The van der Waals surface area contributed by atoms with Gasteiger partial charge in [0.05, 0.1) is 13.2 Å². The average molecular weight is 247 g/mol. The number of nitrogens with two attached hydrogens (primary N) is 1. The van der Waals surface area contributed by atoms with E-state index in [4.69, 9.17) is 10.5 Å². The van der Waals surface area contributed by atoms with Crippen molar-refractivity contribution in [3.63, 3.8) is 0 Å². The highest BCUT2D eigenvalue weighted by Crippen LogP contribution is 2.11. The maximum atomic E-state index is 5.69. The Hall–Kier alpha value is -1.16. The molecule has 2 N–H and O–H groups in total. The number of thiophene rings is 1. The van der Waals surface area contributed by atoms with Gasteiger partial charge in [-0.15, -0.1) is 11.3 Å². The van der Waals surface area contributed by atoms with Crippen LogP contribution < -0.4 is 5.73 Å². The molecule has 0 aliphatic rings. The minimum Gasteiger partial charge on any atom is -0.376 e. The lowest BCUT2D eigenvalue weighted by Gasteiger charge is -2.08. The molecule has 2 aromatic rings. The van der Waals surface area contributed by atoms with Gasteiger partial charge >= 0.3 is 0 Å². The third-order valence-electron chi connectivity index (χ3n) is 2.67. The normalized spacial score (nSPS) is 10.6. The van der Waals surface area contributed by atoms with Gasteiger partial charge in [0.1, 0.15) is 0 Å². The molecular weight excluding hydrogens is 230 g/mol. The molecule has 90 valence electrons. The Kier molecular flexibility index (Phi) is 4.74. The van der Waals surface area contributed by atoms with Crippen molar-refractivity contribution in [1.29, 1.82) is 0 Å². The molecule has 0 aliphatic carbocycles. The maximum Gasteiger partial charge on any atom is 0.0720 e. The van der Waals surface area contributed by atoms with Gasteiger partial charge in [-0.25, -0.2) is 0 Å². The zero-order valence-electron chi connectivity index (χ0n) is 9.76. The van der Waals surface area contributed by atoms with Gasteiger partial charge in [0.25, 0.3) is 0 Å². The highest BCUT2D eigenvalue weighted by Gasteiger charge is 2.00. The molecule has 2 nitrogen and oxygen atoms in total. The largest absolute Gasteiger partial charge is 0.376 e. The number of rotatable bonds is 6. The van der Waals surface area contributed by atoms with E-state index in [0.29, 0.717) is 13.2 Å². The first-order chi connectivity index (χ1) is 8.40. The zero-order chi connectivity index (χ0) is 11.9. The fraction of sp³-hybridized carbons (Fsp3) is 0.286. The van der Waals surface area contributed by atoms with E-state index in [-0.39, 0.29) is 0 Å². The molecule has 0 radical (unpaired) electrons. The van der Waals surface area contributed by atoms with E-state index in [1.54, 1.807) is 11.3 Å². The van der Waals surface area contributed by atoms with Gasteiger partial charge in [-0.1, -0.05) is 30.3 Å². The van der Waals surface area contributed by atoms with Crippen molar-refractivity contribution >= 4 is 11.3 Å². The van der Waals surface area contributed by atoms with Crippen LogP contribution in [0, 0.1) is 0 Å². The van der Waals surface area contributed by atoms with Gasteiger partial charge < -0.3 is 10.5 Å². The van der Waals surface area contributed by atoms with E-state index in [0.717, 1.165) is 13.0 Å². The van der Waals surface area contributed by atoms with Crippen molar-refractivity contribution in [3.05, 3.63) is 57.8 Å². The van der Waals surface area contributed by atoms with Crippen molar-refractivity contribution in [3.8, 4) is 0 Å². The third-order valence-corrected chi connectivity index (χ3v) is 3.60. The molecule has 0 fully saturated rings. The first kappa shape index (κ1) is 12.3. The molecule has 0 bridgehead atoms. The monoisotopic (exact) mass is 247 g/mol. The summed E-state index contributed by atoms with van der Waals surface area (Å²) in [5.41, 5.74) is 8.04. The van der Waals surface area contributed by atoms with Crippen LogP contribution in [0.2, 0.25) is 0 Å². The molecular formula is C14H17NOS. The highest BCUT2D eigenvalue weighted by molar-refractivity contribution is 7.09. The SMILES string of the molecule is NCc1ccccc1COCCc1cccs1. The van der Waals surface area contributed by atoms with E-state index in [2.05, 4.69) is 29.6 Å². The molecule has 3 heteroatoms. The van der Waals surface area contributed by atoms with Crippen LogP contribution in [-0.4, -0.2) is 6.61 Å². The summed E-state index contributed by atoms with van der Waals surface area (Å²) in [7, 11) is 0. The Morgan fingerprint density at radius 2 is 1.88 bits per heavy atom. The van der Waals surface area contributed by atoms with E-state index < -0.39 is 0 Å². The highest BCUT2D eigenvalue weighted by atomic mass is 32.1. The second-order valence-electron chi connectivity index (χ2n) is 3.85. The average Bonchev–Trinajstić information content (AvgIpc) is 2.88. The predicted molar refractivity (Wildman–Crippen MR) is 72.0 cm³/mol. The van der Waals surface area contributed by atoms with Crippen LogP contribution in [0.5, 0.6) is 0 Å². The lowest BCUT2D eigenvalue weighted by Crippen LogP contribution is -2.04. The summed E-state index contributed by atoms with van der Waals surface area (Å²) in [5, 5.41) is 2.10. The fourth-order valence-electron chi connectivity index (χ4n) is 1.71. The molecule has 1 aromatic heterocycles. The lowest BCUT2D eigenvalue weighted by molar-refractivity contribution is 0.123. The molecule has 0 atom stereocenters. The molecule has 1 aromatic carbocycles. The Morgan fingerprint density at radius 1 is 1.06 bits per heavy atom. The van der Waals surface area contributed by atoms with Crippen molar-refractivity contribution in [2.75, 3.05) is 6.61 Å². The van der Waals surface area contributed by atoms with E-state index >= 15 is 0 Å². The van der Waals surface area contributed by atoms with Gasteiger partial charge in [-0.3, -0.25) is 0 Å². The number of hydrogen-bond donors (Lipinski definition) is 1. The summed E-state index contributed by atoms with van der Waals surface area (Å²) in [6, 6.07) is 12.4. The van der Waals surface area contributed by atoms with Crippen LogP contribution in [0.25, 0.3) is 0 Å². The van der Waals surface area contributed by atoms with Crippen molar-refractivity contribution in [2.24, 2.45) is 5.73 Å². The zero-order valence-corrected chi connectivity index (χ0v) is 10.6. The van der Waals surface area contributed by atoms with E-state index in [1.807, 2.05) is 12.1 Å². The molecule has 0 unspecified atom stereocenters. The van der Waals surface area contributed by atoms with Gasteiger partial charge in [0, 0.05) is 17.8 Å². The first-order valence-electron chi connectivity index (χ1n) is 5.77. The van der Waals surface area contributed by atoms with Crippen LogP contribution in [0.4, 0.5) is 0 Å². The molecule has 0 saturated carbocycles. The predicted octanol–water partition coefficient (Wildman–Crippen LogP) is 2.97. The van der Waals surface area contributed by atoms with Crippen molar-refractivity contribution < 1.29 is 4.74 Å². The first-order valence-corrected chi connectivity index (χ1v) is 6.65. The summed E-state index contributed by atoms with van der Waals surface area (Å²) in [6.45, 7) is 1.99. The Morgan fingerprint density at radius 3 is 2.59 bits per heavy atom. The summed E-state index contributed by atoms with van der Waals surface area (Å²) in [4.78, 5) is 1.37. The van der Waals surface area contributed by atoms with Gasteiger partial charge in [0.15, 0.2) is 0 Å². The minimum atomic E-state index is 0.574. The standard InChI is InChI=1S/C14H17NOS/c15-10-12-4-1-2-5-13(12)11-16-8-7-14-6-3-9-17-14/h1-6,9H,7-8,10-11,15H2. The summed E-state index contributed by atoms with van der Waals surface area (Å²) >= 11 is 1.78. The van der Waals surface area contributed by atoms with Crippen molar-refractivity contribution in [2.45, 2.75) is 19.6 Å². The van der Waals surface area contributed by atoms with Crippen LogP contribution in [0.3, 0.4) is 0 Å². The Balaban J connectivity index is 1.78. The lowest BCUT2D eigenvalue weighted by atomic mass is 10.1. The third kappa shape index (κ3) is 3.66. The van der Waals surface area contributed by atoms with Crippen LogP contribution in [-0.2, 0) is 24.3 Å². The molecule has 17 heavy (non-hydrogen) atoms. The van der Waals surface area contributed by atoms with Crippen LogP contribution in [0.15, 0.2) is 41.8 Å². The minimum absolute atomic E-state index is 0.574. The smallest absolute Gasteiger partial charge is 0.0720 e. The molecule has 0 aliphatic heterocycles. The maximum absolute atomic E-state index is 5.69. The number of ether oxygens (including phenoxy) is 1. The van der Waals surface area contributed by atoms with Crippen molar-refractivity contribution in [1.82, 2.24) is 0 Å². The Labute approximate surface area is 106 Å². The topological polar surface area (TPSA) is 35.2 Å². The van der Waals surface area contributed by atoms with Gasteiger partial charge in [-0.2, -0.15) is 0 Å². The van der Waals surface area contributed by atoms with E-state index in [1.165, 1.54) is 16.0 Å². The molecule has 0 amide bonds. The quantitative estimate of drug-likeness (QED) is 0.796. The number of benzene rings is 1. The second kappa shape index (κ2) is 6.55. The van der Waals surface area contributed by atoms with Crippen LogP contribution >= 0.6 is 11.3 Å². The van der Waals surface area contributed by atoms with Crippen LogP contribution in [0.1, 0.15) is 16.0 Å². The summed E-state index contributed by atoms with van der Waals surface area (Å²) in [6.07, 6.45) is 0.989. The molecule has 0 saturated heterocycles. The molecule has 1 heterocycles. The summed E-state index contributed by atoms with van der Waals surface area (Å²) in [5.74, 6) is 0. The molecule has 0 spiro atoms. The number of hydrogen-bond acceptors (Lipinski definition) is 3. The Bertz CT molecular complexity index is 439. The van der Waals surface area contributed by atoms with Gasteiger partial charge in [-0.05, 0) is 22.6 Å². The molecule has 2 rings (SSSR count).